The van der Waals surface area contributed by atoms with E-state index < -0.39 is 6.10 Å². The van der Waals surface area contributed by atoms with Crippen molar-refractivity contribution in [1.82, 2.24) is 5.32 Å². The van der Waals surface area contributed by atoms with E-state index in [-0.39, 0.29) is 11.9 Å². The van der Waals surface area contributed by atoms with Gasteiger partial charge >= 0.3 is 0 Å². The van der Waals surface area contributed by atoms with Crippen molar-refractivity contribution >= 4 is 5.91 Å². The number of hydrogen-bond acceptors (Lipinski definition) is 2. The lowest BCUT2D eigenvalue weighted by molar-refractivity contribution is -0.126. The average Bonchev–Trinajstić information content (AvgIpc) is 2.16. The minimum Gasteiger partial charge on any atom is -0.383 e. The summed E-state index contributed by atoms with van der Waals surface area (Å²) in [6.45, 7) is 5.87. The molecule has 0 radical (unpaired) electrons. The van der Waals surface area contributed by atoms with Crippen molar-refractivity contribution in [1.29, 1.82) is 0 Å². The summed E-state index contributed by atoms with van der Waals surface area (Å²) in [6, 6.07) is 0.150. The Balaban J connectivity index is 0.000000371. The summed E-state index contributed by atoms with van der Waals surface area (Å²) < 4.78 is 0. The summed E-state index contributed by atoms with van der Waals surface area (Å²) >= 11 is 0. The second-order valence-electron chi connectivity index (χ2n) is 2.16. The molecule has 0 bridgehead atoms. The second-order valence-corrected chi connectivity index (χ2v) is 2.16. The Morgan fingerprint density at radius 1 is 1.60 bits per heavy atom. The fourth-order valence-corrected chi connectivity index (χ4v) is 0.840. The van der Waals surface area contributed by atoms with Gasteiger partial charge in [0.2, 0.25) is 5.91 Å². The molecule has 0 aliphatic carbocycles. The van der Waals surface area contributed by atoms with Crippen molar-refractivity contribution in [3.8, 4) is 0 Å². The van der Waals surface area contributed by atoms with Crippen LogP contribution in [0.5, 0.6) is 0 Å². The molecule has 1 rings (SSSR count). The van der Waals surface area contributed by atoms with Gasteiger partial charge in [0, 0.05) is 12.5 Å². The lowest BCUT2D eigenvalue weighted by atomic mass is 10.2. The van der Waals surface area contributed by atoms with Crippen LogP contribution in [0.2, 0.25) is 0 Å². The summed E-state index contributed by atoms with van der Waals surface area (Å²) in [4.78, 5) is 10.4. The molecule has 2 atom stereocenters. The van der Waals surface area contributed by atoms with Crippen LogP contribution >= 0.6 is 0 Å². The fourth-order valence-electron chi connectivity index (χ4n) is 0.840. The van der Waals surface area contributed by atoms with Gasteiger partial charge in [-0.05, 0) is 6.92 Å². The lowest BCUT2D eigenvalue weighted by Gasteiger charge is -1.95. The van der Waals surface area contributed by atoms with Crippen LogP contribution in [0, 0.1) is 0 Å². The summed E-state index contributed by atoms with van der Waals surface area (Å²) in [5, 5.41) is 11.3. The van der Waals surface area contributed by atoms with Crippen LogP contribution in [-0.2, 0) is 4.79 Å². The topological polar surface area (TPSA) is 49.3 Å². The Hall–Kier alpha value is -0.570. The van der Waals surface area contributed by atoms with Crippen LogP contribution in [0.4, 0.5) is 0 Å². The van der Waals surface area contributed by atoms with E-state index in [4.69, 9.17) is 5.11 Å². The third kappa shape index (κ3) is 2.35. The molecule has 2 N–H and O–H groups in total. The molecule has 3 heteroatoms. The first-order chi connectivity index (χ1) is 4.70. The quantitative estimate of drug-likeness (QED) is 0.514. The zero-order chi connectivity index (χ0) is 8.15. The summed E-state index contributed by atoms with van der Waals surface area (Å²) in [5.74, 6) is -0.238. The van der Waals surface area contributed by atoms with Crippen molar-refractivity contribution in [3.05, 3.63) is 0 Å². The van der Waals surface area contributed by atoms with Crippen LogP contribution in [-0.4, -0.2) is 23.2 Å². The van der Waals surface area contributed by atoms with Crippen LogP contribution in [0.1, 0.15) is 27.2 Å². The van der Waals surface area contributed by atoms with E-state index >= 15 is 0 Å². The van der Waals surface area contributed by atoms with Crippen LogP contribution in [0.15, 0.2) is 0 Å². The monoisotopic (exact) mass is 145 g/mol. The van der Waals surface area contributed by atoms with E-state index in [9.17, 15) is 4.79 Å². The molecule has 2 unspecified atom stereocenters. The normalized spacial score (nSPS) is 30.6. The molecule has 1 fully saturated rings. The number of nitrogens with one attached hydrogen (secondary N) is 1. The Kier molecular flexibility index (Phi) is 4.03. The first-order valence-corrected chi connectivity index (χ1v) is 3.68. The van der Waals surface area contributed by atoms with Crippen molar-refractivity contribution in [2.24, 2.45) is 0 Å². The van der Waals surface area contributed by atoms with Gasteiger partial charge in [0.25, 0.3) is 0 Å². The molecule has 10 heavy (non-hydrogen) atoms. The molecule has 1 amide bonds. The predicted octanol–water partition coefficient (Wildman–Crippen LogP) is 0.282. The lowest BCUT2D eigenvalue weighted by Crippen LogP contribution is -2.25. The minimum atomic E-state index is -0.759. The number of aliphatic hydroxyl groups excluding tert-OH is 1. The van der Waals surface area contributed by atoms with E-state index in [1.54, 1.807) is 0 Å². The van der Waals surface area contributed by atoms with Gasteiger partial charge in [-0.1, -0.05) is 13.8 Å². The van der Waals surface area contributed by atoms with Gasteiger partial charge in [-0.3, -0.25) is 4.79 Å². The maximum absolute atomic E-state index is 10.4. The highest BCUT2D eigenvalue weighted by molar-refractivity contribution is 5.82. The Morgan fingerprint density at radius 3 is 2.20 bits per heavy atom. The average molecular weight is 145 g/mol. The zero-order valence-corrected chi connectivity index (χ0v) is 6.72. The van der Waals surface area contributed by atoms with Gasteiger partial charge in [-0.2, -0.15) is 0 Å². The largest absolute Gasteiger partial charge is 0.383 e. The van der Waals surface area contributed by atoms with Gasteiger partial charge < -0.3 is 10.4 Å². The van der Waals surface area contributed by atoms with Crippen molar-refractivity contribution in [3.63, 3.8) is 0 Å². The molecule has 1 aliphatic heterocycles. The number of amides is 1. The Labute approximate surface area is 61.4 Å². The van der Waals surface area contributed by atoms with Crippen LogP contribution in [0.3, 0.4) is 0 Å². The molecule has 0 aromatic carbocycles. The van der Waals surface area contributed by atoms with E-state index in [1.165, 1.54) is 0 Å². The smallest absolute Gasteiger partial charge is 0.249 e. The SMILES string of the molecule is CC.CC1CC(O)C(=O)N1. The first-order valence-electron chi connectivity index (χ1n) is 3.68. The highest BCUT2D eigenvalue weighted by Crippen LogP contribution is 2.05. The van der Waals surface area contributed by atoms with E-state index in [0.717, 1.165) is 0 Å². The van der Waals surface area contributed by atoms with Crippen LogP contribution in [0.25, 0.3) is 0 Å². The standard InChI is InChI=1S/C5H9NO2.C2H6/c1-3-2-4(7)5(8)6-3;1-2/h3-4,7H,2H2,1H3,(H,6,8);1-2H3. The molecule has 0 aromatic heterocycles. The first kappa shape index (κ1) is 9.43. The van der Waals surface area contributed by atoms with Gasteiger partial charge in [0.05, 0.1) is 0 Å². The molecular formula is C7H15NO2. The maximum atomic E-state index is 10.4. The molecule has 0 saturated carbocycles. The van der Waals surface area contributed by atoms with Gasteiger partial charge in [-0.15, -0.1) is 0 Å². The van der Waals surface area contributed by atoms with Crippen molar-refractivity contribution in [2.75, 3.05) is 0 Å². The van der Waals surface area contributed by atoms with Gasteiger partial charge in [0.15, 0.2) is 0 Å². The molecule has 1 aliphatic rings. The number of hydrogen-bond donors (Lipinski definition) is 2. The fraction of sp³-hybridized carbons (Fsp3) is 0.857. The van der Waals surface area contributed by atoms with E-state index in [2.05, 4.69) is 5.32 Å². The molecule has 0 aromatic rings. The van der Waals surface area contributed by atoms with Gasteiger partial charge in [0.1, 0.15) is 6.10 Å². The molecule has 3 nitrogen and oxygen atoms in total. The molecule has 60 valence electrons. The minimum absolute atomic E-state index is 0.150. The Morgan fingerprint density at radius 2 is 2.10 bits per heavy atom. The third-order valence-electron chi connectivity index (χ3n) is 1.27. The van der Waals surface area contributed by atoms with Crippen LogP contribution < -0.4 is 5.32 Å². The molecule has 1 heterocycles. The summed E-state index contributed by atoms with van der Waals surface area (Å²) in [6.07, 6.45) is -0.205. The number of aliphatic hydroxyl groups is 1. The number of rotatable bonds is 0. The highest BCUT2D eigenvalue weighted by Gasteiger charge is 2.26. The van der Waals surface area contributed by atoms with Crippen molar-refractivity contribution < 1.29 is 9.90 Å². The highest BCUT2D eigenvalue weighted by atomic mass is 16.3. The third-order valence-corrected chi connectivity index (χ3v) is 1.27. The number of carbonyl (C=O) groups excluding carboxylic acids is 1. The molecular weight excluding hydrogens is 130 g/mol. The second kappa shape index (κ2) is 4.28. The zero-order valence-electron chi connectivity index (χ0n) is 6.72. The Bertz CT molecular complexity index is 114. The number of carbonyl (C=O) groups is 1. The maximum Gasteiger partial charge on any atom is 0.249 e. The molecule has 0 spiro atoms. The predicted molar refractivity (Wildman–Crippen MR) is 39.6 cm³/mol. The summed E-state index contributed by atoms with van der Waals surface area (Å²) in [7, 11) is 0. The van der Waals surface area contributed by atoms with E-state index in [1.807, 2.05) is 20.8 Å². The van der Waals surface area contributed by atoms with E-state index in [0.29, 0.717) is 6.42 Å². The van der Waals surface area contributed by atoms with Crippen molar-refractivity contribution in [2.45, 2.75) is 39.3 Å². The summed E-state index contributed by atoms with van der Waals surface area (Å²) in [5.41, 5.74) is 0. The molecule has 1 saturated heterocycles. The van der Waals surface area contributed by atoms with Gasteiger partial charge in [-0.25, -0.2) is 0 Å².